The Labute approximate surface area is 196 Å². The zero-order chi connectivity index (χ0) is 23.7. The van der Waals surface area contributed by atoms with Crippen LogP contribution in [0.5, 0.6) is 5.75 Å². The lowest BCUT2D eigenvalue weighted by Crippen LogP contribution is -2.53. The van der Waals surface area contributed by atoms with Crippen LogP contribution in [-0.2, 0) is 24.2 Å². The van der Waals surface area contributed by atoms with Crippen molar-refractivity contribution in [3.63, 3.8) is 0 Å². The summed E-state index contributed by atoms with van der Waals surface area (Å²) >= 11 is 0. The van der Waals surface area contributed by atoms with Gasteiger partial charge in [-0.3, -0.25) is 4.79 Å². The summed E-state index contributed by atoms with van der Waals surface area (Å²) in [6.07, 6.45) is 4.54. The molecular formula is C28H35NO4. The number of benzene rings is 3. The van der Waals surface area contributed by atoms with Gasteiger partial charge in [0, 0.05) is 12.3 Å². The Morgan fingerprint density at radius 1 is 0.909 bits per heavy atom. The molecule has 3 N–H and O–H groups in total. The molecule has 0 atom stereocenters. The topological polar surface area (TPSA) is 78.8 Å². The van der Waals surface area contributed by atoms with Gasteiger partial charge in [0.15, 0.2) is 0 Å². The average Bonchev–Trinajstić information content (AvgIpc) is 2.84. The predicted octanol–water partition coefficient (Wildman–Crippen LogP) is 4.55. The molecule has 0 fully saturated rings. The van der Waals surface area contributed by atoms with E-state index in [1.165, 1.54) is 25.3 Å². The van der Waals surface area contributed by atoms with E-state index in [9.17, 15) is 15.0 Å². The molecule has 1 amide bonds. The number of hydrogen-bond acceptors (Lipinski definition) is 4. The number of fused-ring (bicyclic) bond motifs is 1. The minimum absolute atomic E-state index is 0.273. The number of ether oxygens (including phenoxy) is 1. The van der Waals surface area contributed by atoms with Crippen molar-refractivity contribution in [3.8, 4) is 5.75 Å². The molecule has 0 aliphatic heterocycles. The van der Waals surface area contributed by atoms with Gasteiger partial charge in [0.05, 0.1) is 18.8 Å². The number of carbonyl (C=O) groups excluding carboxylic acids is 1. The van der Waals surface area contributed by atoms with Gasteiger partial charge in [-0.15, -0.1) is 0 Å². The molecule has 0 saturated carbocycles. The Kier molecular flexibility index (Phi) is 8.87. The molecule has 33 heavy (non-hydrogen) atoms. The third kappa shape index (κ3) is 6.56. The monoisotopic (exact) mass is 449 g/mol. The molecule has 5 nitrogen and oxygen atoms in total. The van der Waals surface area contributed by atoms with E-state index in [0.29, 0.717) is 19.4 Å². The number of rotatable bonds is 12. The maximum atomic E-state index is 11.5. The van der Waals surface area contributed by atoms with Crippen LogP contribution in [0.15, 0.2) is 60.7 Å². The van der Waals surface area contributed by atoms with Crippen molar-refractivity contribution in [1.82, 2.24) is 5.32 Å². The largest absolute Gasteiger partial charge is 0.488 e. The maximum absolute atomic E-state index is 11.5. The average molecular weight is 450 g/mol. The van der Waals surface area contributed by atoms with Gasteiger partial charge < -0.3 is 20.3 Å². The first-order valence-electron chi connectivity index (χ1n) is 11.7. The van der Waals surface area contributed by atoms with Crippen molar-refractivity contribution in [3.05, 3.63) is 77.4 Å². The normalized spacial score (nSPS) is 11.5. The molecule has 0 aliphatic rings. The maximum Gasteiger partial charge on any atom is 0.217 e. The molecule has 3 aromatic rings. The molecule has 0 saturated heterocycles. The van der Waals surface area contributed by atoms with Crippen LogP contribution < -0.4 is 10.1 Å². The fourth-order valence-electron chi connectivity index (χ4n) is 4.12. The number of aliphatic hydroxyl groups excluding tert-OH is 2. The minimum atomic E-state index is -1.04. The SMILES string of the molecule is CCCCc1ccc(COc2ccc(CCC(CO)(CO)NC(C)=O)c3ccccc23)cc1. The molecule has 3 rings (SSSR count). The van der Waals surface area contributed by atoms with E-state index >= 15 is 0 Å². The van der Waals surface area contributed by atoms with Gasteiger partial charge in [-0.05, 0) is 53.8 Å². The van der Waals surface area contributed by atoms with Crippen LogP contribution >= 0.6 is 0 Å². The van der Waals surface area contributed by atoms with Crippen LogP contribution in [-0.4, -0.2) is 34.9 Å². The molecule has 0 radical (unpaired) electrons. The molecule has 0 heterocycles. The number of unbranched alkanes of at least 4 members (excludes halogenated alkanes) is 1. The number of nitrogens with one attached hydrogen (secondary N) is 1. The number of hydrogen-bond donors (Lipinski definition) is 3. The molecule has 3 aromatic carbocycles. The Morgan fingerprint density at radius 2 is 1.58 bits per heavy atom. The van der Waals surface area contributed by atoms with Crippen molar-refractivity contribution >= 4 is 16.7 Å². The Hall–Kier alpha value is -2.89. The van der Waals surface area contributed by atoms with Crippen molar-refractivity contribution < 1.29 is 19.7 Å². The second-order valence-electron chi connectivity index (χ2n) is 8.75. The van der Waals surface area contributed by atoms with Crippen molar-refractivity contribution in [2.24, 2.45) is 0 Å². The highest BCUT2D eigenvalue weighted by Crippen LogP contribution is 2.31. The smallest absolute Gasteiger partial charge is 0.217 e. The number of aliphatic hydroxyl groups is 2. The standard InChI is InChI=1S/C28H35NO4/c1-3-4-7-22-10-12-23(13-11-22)18-33-27-15-14-24(25-8-5-6-9-26(25)27)16-17-28(19-30,20-31)29-21(2)32/h5-6,8-15,30-31H,3-4,7,16-20H2,1-2H3,(H,29,32). The lowest BCUT2D eigenvalue weighted by molar-refractivity contribution is -0.122. The first-order valence-corrected chi connectivity index (χ1v) is 11.7. The van der Waals surface area contributed by atoms with Gasteiger partial charge in [-0.1, -0.05) is 67.9 Å². The number of carbonyl (C=O) groups is 1. The fraction of sp³-hybridized carbons (Fsp3) is 0.393. The van der Waals surface area contributed by atoms with Crippen LogP contribution in [0.3, 0.4) is 0 Å². The Balaban J connectivity index is 1.74. The molecule has 0 unspecified atom stereocenters. The second-order valence-corrected chi connectivity index (χ2v) is 8.75. The first kappa shape index (κ1) is 24.7. The van der Waals surface area contributed by atoms with Crippen molar-refractivity contribution in [2.45, 2.75) is 58.1 Å². The van der Waals surface area contributed by atoms with Gasteiger partial charge >= 0.3 is 0 Å². The zero-order valence-electron chi connectivity index (χ0n) is 19.6. The van der Waals surface area contributed by atoms with Crippen LogP contribution in [0.4, 0.5) is 0 Å². The molecule has 5 heteroatoms. The van der Waals surface area contributed by atoms with Gasteiger partial charge in [0.1, 0.15) is 12.4 Å². The summed E-state index contributed by atoms with van der Waals surface area (Å²) in [6, 6.07) is 20.7. The Morgan fingerprint density at radius 3 is 2.21 bits per heavy atom. The van der Waals surface area contributed by atoms with Crippen LogP contribution in [0.2, 0.25) is 0 Å². The quantitative estimate of drug-likeness (QED) is 0.379. The molecular weight excluding hydrogens is 414 g/mol. The van der Waals surface area contributed by atoms with E-state index in [-0.39, 0.29) is 19.1 Å². The fourth-order valence-corrected chi connectivity index (χ4v) is 4.12. The molecule has 0 aliphatic carbocycles. The number of aryl methyl sites for hydroxylation is 2. The minimum Gasteiger partial charge on any atom is -0.488 e. The van der Waals surface area contributed by atoms with E-state index < -0.39 is 5.54 Å². The van der Waals surface area contributed by atoms with E-state index in [1.807, 2.05) is 30.3 Å². The summed E-state index contributed by atoms with van der Waals surface area (Å²) in [5, 5.41) is 24.4. The van der Waals surface area contributed by atoms with E-state index in [2.05, 4.69) is 42.6 Å². The van der Waals surface area contributed by atoms with E-state index in [4.69, 9.17) is 4.74 Å². The summed E-state index contributed by atoms with van der Waals surface area (Å²) in [5.74, 6) is 0.548. The molecule has 0 aromatic heterocycles. The van der Waals surface area contributed by atoms with E-state index in [1.54, 1.807) is 0 Å². The zero-order valence-corrected chi connectivity index (χ0v) is 19.6. The second kappa shape index (κ2) is 11.8. The van der Waals surface area contributed by atoms with Gasteiger partial charge in [-0.25, -0.2) is 0 Å². The third-order valence-corrected chi connectivity index (χ3v) is 6.13. The first-order chi connectivity index (χ1) is 16.0. The van der Waals surface area contributed by atoms with Crippen LogP contribution in [0, 0.1) is 0 Å². The van der Waals surface area contributed by atoms with Crippen LogP contribution in [0.25, 0.3) is 10.8 Å². The lowest BCUT2D eigenvalue weighted by atomic mass is 9.90. The van der Waals surface area contributed by atoms with E-state index in [0.717, 1.165) is 34.1 Å². The summed E-state index contributed by atoms with van der Waals surface area (Å²) in [5.41, 5.74) is 2.53. The molecule has 176 valence electrons. The Bertz CT molecular complexity index is 1040. The van der Waals surface area contributed by atoms with Gasteiger partial charge in [0.25, 0.3) is 0 Å². The summed E-state index contributed by atoms with van der Waals surface area (Å²) in [4.78, 5) is 11.5. The molecule has 0 spiro atoms. The van der Waals surface area contributed by atoms with Gasteiger partial charge in [0.2, 0.25) is 5.91 Å². The summed E-state index contributed by atoms with van der Waals surface area (Å²) in [7, 11) is 0. The highest BCUT2D eigenvalue weighted by molar-refractivity contribution is 5.91. The van der Waals surface area contributed by atoms with Crippen LogP contribution in [0.1, 0.15) is 49.8 Å². The van der Waals surface area contributed by atoms with Crippen molar-refractivity contribution in [1.29, 1.82) is 0 Å². The number of amides is 1. The van der Waals surface area contributed by atoms with Gasteiger partial charge in [-0.2, -0.15) is 0 Å². The predicted molar refractivity (Wildman–Crippen MR) is 132 cm³/mol. The highest BCUT2D eigenvalue weighted by Gasteiger charge is 2.29. The highest BCUT2D eigenvalue weighted by atomic mass is 16.5. The van der Waals surface area contributed by atoms with Crippen molar-refractivity contribution in [2.75, 3.05) is 13.2 Å². The summed E-state index contributed by atoms with van der Waals surface area (Å²) < 4.78 is 6.18. The third-order valence-electron chi connectivity index (χ3n) is 6.13. The summed E-state index contributed by atoms with van der Waals surface area (Å²) in [6.45, 7) is 3.45. The molecule has 0 bridgehead atoms. The lowest BCUT2D eigenvalue weighted by Gasteiger charge is -2.30.